The van der Waals surface area contributed by atoms with E-state index in [1.807, 2.05) is 15.9 Å². The number of allylic oxidation sites excluding steroid dienone is 1. The normalized spacial score (nSPS) is 13.0. The molecule has 0 amide bonds. The number of hydrogen-bond acceptors (Lipinski definition) is 1. The van der Waals surface area contributed by atoms with Gasteiger partial charge in [-0.15, -0.1) is 0 Å². The van der Waals surface area contributed by atoms with Crippen molar-refractivity contribution in [2.45, 2.75) is 4.83 Å². The van der Waals surface area contributed by atoms with Crippen molar-refractivity contribution < 1.29 is 13.9 Å². The minimum Gasteiger partial charge on any atom is -0.392 e. The molecular weight excluding hydrogens is 182 g/mol. The van der Waals surface area contributed by atoms with Gasteiger partial charge in [-0.05, 0) is 22.0 Å². The summed E-state index contributed by atoms with van der Waals surface area (Å²) in [5.74, 6) is 0. The Morgan fingerprint density at radius 1 is 1.62 bits per heavy atom. The van der Waals surface area contributed by atoms with Crippen LogP contribution >= 0.6 is 15.9 Å². The Hall–Kier alpha value is 0.0400. The number of aliphatic hydroxyl groups excluding tert-OH is 1. The molecule has 8 heavy (non-hydrogen) atoms. The van der Waals surface area contributed by atoms with Crippen LogP contribution in [-0.4, -0.2) is 16.5 Å². The molecule has 0 radical (unpaired) electrons. The van der Waals surface area contributed by atoms with Crippen molar-refractivity contribution in [3.05, 3.63) is 12.2 Å². The lowest BCUT2D eigenvalue weighted by Crippen LogP contribution is -1.97. The van der Waals surface area contributed by atoms with Crippen molar-refractivity contribution in [1.82, 2.24) is 0 Å². The first kappa shape index (κ1) is 8.04. The standard InChI is InChI=1S/C4H5BrF2O/c5-4(6,7)2-1-3-8/h1-2,8H,3H2. The van der Waals surface area contributed by atoms with E-state index >= 15 is 0 Å². The van der Waals surface area contributed by atoms with E-state index in [-0.39, 0.29) is 6.61 Å². The fourth-order valence-electron chi connectivity index (χ4n) is 0.186. The Bertz CT molecular complexity index is 86.5. The molecule has 0 aromatic carbocycles. The molecule has 0 atom stereocenters. The molecule has 0 rings (SSSR count). The predicted octanol–water partition coefficient (Wildman–Crippen LogP) is 1.52. The largest absolute Gasteiger partial charge is 0.392 e. The summed E-state index contributed by atoms with van der Waals surface area (Å²) in [6, 6.07) is 0. The summed E-state index contributed by atoms with van der Waals surface area (Å²) in [6.07, 6.45) is 1.54. The summed E-state index contributed by atoms with van der Waals surface area (Å²) in [5, 5.41) is 7.99. The van der Waals surface area contributed by atoms with Gasteiger partial charge in [-0.2, -0.15) is 8.78 Å². The minimum absolute atomic E-state index is 0.360. The molecule has 0 aliphatic rings. The van der Waals surface area contributed by atoms with Crippen LogP contribution in [0.15, 0.2) is 12.2 Å². The maximum Gasteiger partial charge on any atom is 0.320 e. The second-order valence-corrected chi connectivity index (χ2v) is 2.18. The molecule has 48 valence electrons. The van der Waals surface area contributed by atoms with Crippen LogP contribution in [0.3, 0.4) is 0 Å². The molecule has 0 saturated heterocycles. The molecule has 0 heterocycles. The Balaban J connectivity index is 3.52. The lowest BCUT2D eigenvalue weighted by Gasteiger charge is -1.96. The van der Waals surface area contributed by atoms with Crippen molar-refractivity contribution in [2.75, 3.05) is 6.61 Å². The van der Waals surface area contributed by atoms with E-state index in [1.165, 1.54) is 0 Å². The van der Waals surface area contributed by atoms with E-state index in [4.69, 9.17) is 5.11 Å². The van der Waals surface area contributed by atoms with Gasteiger partial charge in [-0.3, -0.25) is 0 Å². The van der Waals surface area contributed by atoms with Crippen molar-refractivity contribution in [1.29, 1.82) is 0 Å². The van der Waals surface area contributed by atoms with Crippen LogP contribution in [0.5, 0.6) is 0 Å². The molecule has 0 aromatic heterocycles. The topological polar surface area (TPSA) is 20.2 Å². The fourth-order valence-corrected chi connectivity index (χ4v) is 0.373. The first-order valence-corrected chi connectivity index (χ1v) is 2.71. The quantitative estimate of drug-likeness (QED) is 0.513. The van der Waals surface area contributed by atoms with Crippen LogP contribution in [0.2, 0.25) is 0 Å². The Morgan fingerprint density at radius 2 is 2.12 bits per heavy atom. The third kappa shape index (κ3) is 6.04. The molecule has 4 heteroatoms. The summed E-state index contributed by atoms with van der Waals surface area (Å²) in [4.78, 5) is -2.98. The highest BCUT2D eigenvalue weighted by Gasteiger charge is 2.17. The average molecular weight is 187 g/mol. The average Bonchev–Trinajstić information content (AvgIpc) is 1.59. The van der Waals surface area contributed by atoms with Crippen molar-refractivity contribution >= 4 is 15.9 Å². The maximum atomic E-state index is 11.6. The van der Waals surface area contributed by atoms with E-state index in [1.54, 1.807) is 0 Å². The van der Waals surface area contributed by atoms with Gasteiger partial charge in [0.2, 0.25) is 0 Å². The highest BCUT2D eigenvalue weighted by Crippen LogP contribution is 2.22. The smallest absolute Gasteiger partial charge is 0.320 e. The fraction of sp³-hybridized carbons (Fsp3) is 0.500. The van der Waals surface area contributed by atoms with Gasteiger partial charge in [0.05, 0.1) is 6.61 Å². The molecule has 0 aromatic rings. The van der Waals surface area contributed by atoms with Crippen LogP contribution < -0.4 is 0 Å². The summed E-state index contributed by atoms with van der Waals surface area (Å²) in [5.41, 5.74) is 0. The van der Waals surface area contributed by atoms with E-state index in [0.29, 0.717) is 6.08 Å². The van der Waals surface area contributed by atoms with Gasteiger partial charge in [-0.25, -0.2) is 0 Å². The zero-order valence-electron chi connectivity index (χ0n) is 3.94. The van der Waals surface area contributed by atoms with Gasteiger partial charge in [0.15, 0.2) is 0 Å². The van der Waals surface area contributed by atoms with Gasteiger partial charge in [0.1, 0.15) is 0 Å². The summed E-state index contributed by atoms with van der Waals surface area (Å²) >= 11 is 2.05. The zero-order chi connectivity index (χ0) is 6.62. The van der Waals surface area contributed by atoms with E-state index in [0.717, 1.165) is 6.08 Å². The summed E-state index contributed by atoms with van der Waals surface area (Å²) in [6.45, 7) is -0.360. The molecule has 0 bridgehead atoms. The van der Waals surface area contributed by atoms with Crippen LogP contribution in [-0.2, 0) is 0 Å². The number of hydrogen-bond donors (Lipinski definition) is 1. The van der Waals surface area contributed by atoms with E-state index in [2.05, 4.69) is 0 Å². The zero-order valence-corrected chi connectivity index (χ0v) is 5.53. The van der Waals surface area contributed by atoms with Crippen molar-refractivity contribution in [3.63, 3.8) is 0 Å². The van der Waals surface area contributed by atoms with Gasteiger partial charge in [-0.1, -0.05) is 6.08 Å². The van der Waals surface area contributed by atoms with Gasteiger partial charge in [0.25, 0.3) is 0 Å². The Kier molecular flexibility index (Phi) is 3.16. The lowest BCUT2D eigenvalue weighted by molar-refractivity contribution is 0.170. The molecule has 1 N–H and O–H groups in total. The van der Waals surface area contributed by atoms with Crippen LogP contribution in [0.25, 0.3) is 0 Å². The minimum atomic E-state index is -2.98. The van der Waals surface area contributed by atoms with Gasteiger partial charge in [0, 0.05) is 0 Å². The van der Waals surface area contributed by atoms with Gasteiger partial charge < -0.3 is 5.11 Å². The third-order valence-electron chi connectivity index (χ3n) is 0.412. The third-order valence-corrected chi connectivity index (χ3v) is 0.677. The van der Waals surface area contributed by atoms with Crippen LogP contribution in [0.1, 0.15) is 0 Å². The molecule has 0 aliphatic heterocycles. The van der Waals surface area contributed by atoms with Crippen LogP contribution in [0, 0.1) is 0 Å². The van der Waals surface area contributed by atoms with Crippen molar-refractivity contribution in [2.24, 2.45) is 0 Å². The van der Waals surface area contributed by atoms with Crippen molar-refractivity contribution in [3.8, 4) is 0 Å². The molecule has 0 aliphatic carbocycles. The maximum absolute atomic E-state index is 11.6. The number of halogens is 3. The first-order valence-electron chi connectivity index (χ1n) is 1.91. The van der Waals surface area contributed by atoms with E-state index in [9.17, 15) is 8.78 Å². The molecule has 0 saturated carbocycles. The number of aliphatic hydroxyl groups is 1. The lowest BCUT2D eigenvalue weighted by atomic mass is 10.5. The summed E-state index contributed by atoms with van der Waals surface area (Å²) < 4.78 is 23.3. The SMILES string of the molecule is OCC=CC(F)(F)Br. The predicted molar refractivity (Wildman–Crippen MR) is 30.1 cm³/mol. The number of alkyl halides is 3. The van der Waals surface area contributed by atoms with E-state index < -0.39 is 4.83 Å². The molecular formula is C4H5BrF2O. The number of rotatable bonds is 2. The highest BCUT2D eigenvalue weighted by atomic mass is 79.9. The highest BCUT2D eigenvalue weighted by molar-refractivity contribution is 9.10. The molecule has 1 nitrogen and oxygen atoms in total. The second kappa shape index (κ2) is 3.14. The summed E-state index contributed by atoms with van der Waals surface area (Å²) in [7, 11) is 0. The van der Waals surface area contributed by atoms with Gasteiger partial charge >= 0.3 is 4.83 Å². The first-order chi connectivity index (χ1) is 3.56. The Morgan fingerprint density at radius 3 is 2.25 bits per heavy atom. The molecule has 0 fully saturated rings. The second-order valence-electron chi connectivity index (χ2n) is 1.13. The van der Waals surface area contributed by atoms with Crippen LogP contribution in [0.4, 0.5) is 8.78 Å². The Labute approximate surface area is 54.1 Å². The molecule has 0 spiro atoms. The molecule has 0 unspecified atom stereocenters. The monoisotopic (exact) mass is 186 g/mol.